The third-order valence-corrected chi connectivity index (χ3v) is 5.69. The summed E-state index contributed by atoms with van der Waals surface area (Å²) in [5.74, 6) is 0.00846. The number of Topliss-reactive ketones (excluding diaryl/α,β-unsaturated/α-hetero) is 1. The fraction of sp³-hybridized carbons (Fsp3) is 0.192. The predicted molar refractivity (Wildman–Crippen MR) is 146 cm³/mol. The minimum absolute atomic E-state index is 0.0414. The summed E-state index contributed by atoms with van der Waals surface area (Å²) in [5, 5.41) is 6.08. The molecule has 0 saturated heterocycles. The molecule has 0 radical (unpaired) electrons. The number of aromatic nitrogens is 4. The van der Waals surface area contributed by atoms with E-state index in [0.29, 0.717) is 28.5 Å². The average Bonchev–Trinajstić information content (AvgIpc) is 2.88. The summed E-state index contributed by atoms with van der Waals surface area (Å²) in [6.07, 6.45) is 7.46. The van der Waals surface area contributed by atoms with Gasteiger partial charge in [-0.05, 0) is 24.3 Å². The number of methoxy groups -OCH3 is 1. The Morgan fingerprint density at radius 1 is 1.03 bits per heavy atom. The number of hydrogen-bond donors (Lipinski definition) is 2. The fourth-order valence-electron chi connectivity index (χ4n) is 3.46. The number of rotatable bonds is 9. The quantitative estimate of drug-likeness (QED) is 0.264. The van der Waals surface area contributed by atoms with Gasteiger partial charge in [-0.25, -0.2) is 23.6 Å². The SMILES string of the molecule is [2H]C([2H])([2H])CC(=O)c1cnc(Nc2ccc(F)cn2)cc1Nc1cccc(-c2cnc(N=S(C)(C)=O)cn2)c1OC. The highest BCUT2D eigenvalue weighted by Crippen LogP contribution is 2.38. The van der Waals surface area contributed by atoms with Crippen LogP contribution in [0.15, 0.2) is 65.5 Å². The molecular formula is C26H26FN7O3S. The zero-order valence-electron chi connectivity index (χ0n) is 23.7. The fourth-order valence-corrected chi connectivity index (χ4v) is 4.01. The number of ether oxygens (including phenoxy) is 1. The number of nitrogens with zero attached hydrogens (tertiary/aromatic N) is 5. The second kappa shape index (κ2) is 11.3. The molecule has 12 heteroatoms. The highest BCUT2D eigenvalue weighted by atomic mass is 32.2. The number of pyridine rings is 2. The van der Waals surface area contributed by atoms with Crippen molar-refractivity contribution in [1.82, 2.24) is 19.9 Å². The van der Waals surface area contributed by atoms with Crippen LogP contribution in [-0.2, 0) is 9.73 Å². The third kappa shape index (κ3) is 6.45. The van der Waals surface area contributed by atoms with Crippen molar-refractivity contribution in [3.8, 4) is 17.0 Å². The maximum Gasteiger partial charge on any atom is 0.180 e. The van der Waals surface area contributed by atoms with Crippen LogP contribution in [0.1, 0.15) is 27.7 Å². The molecule has 0 aliphatic heterocycles. The lowest BCUT2D eigenvalue weighted by molar-refractivity contribution is 0.0988. The van der Waals surface area contributed by atoms with Crippen LogP contribution in [0, 0.1) is 5.82 Å². The predicted octanol–water partition coefficient (Wildman–Crippen LogP) is 5.52. The van der Waals surface area contributed by atoms with Crippen molar-refractivity contribution in [2.45, 2.75) is 13.3 Å². The molecule has 3 aromatic heterocycles. The summed E-state index contributed by atoms with van der Waals surface area (Å²) in [6.45, 7) is -2.49. The van der Waals surface area contributed by atoms with Crippen LogP contribution in [0.25, 0.3) is 11.3 Å². The summed E-state index contributed by atoms with van der Waals surface area (Å²) < 4.78 is 57.6. The van der Waals surface area contributed by atoms with Gasteiger partial charge in [0.1, 0.15) is 17.5 Å². The zero-order valence-corrected chi connectivity index (χ0v) is 21.5. The molecule has 4 aromatic rings. The lowest BCUT2D eigenvalue weighted by Gasteiger charge is -2.17. The van der Waals surface area contributed by atoms with Gasteiger partial charge >= 0.3 is 0 Å². The molecule has 0 spiro atoms. The molecular weight excluding hydrogens is 509 g/mol. The number of carbonyl (C=O) groups is 1. The van der Waals surface area contributed by atoms with Crippen LogP contribution < -0.4 is 15.4 Å². The van der Waals surface area contributed by atoms with Gasteiger partial charge in [0.05, 0.1) is 48.3 Å². The smallest absolute Gasteiger partial charge is 0.180 e. The van der Waals surface area contributed by atoms with Gasteiger partial charge in [0.2, 0.25) is 0 Å². The Morgan fingerprint density at radius 2 is 1.84 bits per heavy atom. The molecule has 0 aliphatic carbocycles. The number of anilines is 4. The van der Waals surface area contributed by atoms with Crippen LogP contribution in [0.3, 0.4) is 0 Å². The van der Waals surface area contributed by atoms with Gasteiger partial charge < -0.3 is 15.4 Å². The molecule has 4 rings (SSSR count). The van der Waals surface area contributed by atoms with Crippen LogP contribution >= 0.6 is 0 Å². The standard InChI is InChI=1S/C26H26FN7O3S/c1-5-22(35)18-13-30-24(33-23-10-9-16(27)12-29-23)11-20(18)32-19-8-6-7-17(26(19)37-2)21-14-31-25(15-28-21)34-38(3,4)36/h6-15H,5H2,1-4H3,(H2,29,30,32,33)/i1D3. The Labute approximate surface area is 224 Å². The number of halogens is 1. The van der Waals surface area contributed by atoms with E-state index in [-0.39, 0.29) is 22.9 Å². The van der Waals surface area contributed by atoms with Crippen molar-refractivity contribution in [2.75, 3.05) is 30.3 Å². The number of carbonyl (C=O) groups excluding carboxylic acids is 1. The van der Waals surface area contributed by atoms with Crippen LogP contribution in [0.5, 0.6) is 5.75 Å². The van der Waals surface area contributed by atoms with Crippen molar-refractivity contribution in [2.24, 2.45) is 4.36 Å². The first kappa shape index (κ1) is 22.7. The maximum absolute atomic E-state index is 13.3. The second-order valence-electron chi connectivity index (χ2n) is 8.25. The van der Waals surface area contributed by atoms with Crippen molar-refractivity contribution < 1.29 is 22.2 Å². The van der Waals surface area contributed by atoms with Gasteiger partial charge in [-0.15, -0.1) is 0 Å². The normalized spacial score (nSPS) is 12.6. The summed E-state index contributed by atoms with van der Waals surface area (Å²) in [7, 11) is -0.950. The van der Waals surface area contributed by atoms with E-state index in [1.165, 1.54) is 56.4 Å². The lowest BCUT2D eigenvalue weighted by Crippen LogP contribution is -2.07. The number of benzene rings is 1. The Hall–Kier alpha value is -4.45. The molecule has 0 bridgehead atoms. The van der Waals surface area contributed by atoms with E-state index in [1.54, 1.807) is 18.2 Å². The molecule has 0 amide bonds. The van der Waals surface area contributed by atoms with Crippen molar-refractivity contribution in [1.29, 1.82) is 0 Å². The lowest BCUT2D eigenvalue weighted by atomic mass is 10.1. The van der Waals surface area contributed by atoms with Crippen LogP contribution in [0.4, 0.5) is 33.2 Å². The first-order valence-electron chi connectivity index (χ1n) is 12.7. The maximum atomic E-state index is 13.3. The third-order valence-electron chi connectivity index (χ3n) is 5.06. The second-order valence-corrected chi connectivity index (χ2v) is 10.8. The van der Waals surface area contributed by atoms with E-state index in [1.807, 2.05) is 0 Å². The molecule has 10 nitrogen and oxygen atoms in total. The first-order chi connectivity index (χ1) is 19.3. The van der Waals surface area contributed by atoms with Gasteiger partial charge in [0.15, 0.2) is 17.4 Å². The first-order valence-corrected chi connectivity index (χ1v) is 13.5. The summed E-state index contributed by atoms with van der Waals surface area (Å²) in [6, 6.07) is 9.35. The Bertz CT molecular complexity index is 1680. The van der Waals surface area contributed by atoms with E-state index in [9.17, 15) is 13.4 Å². The Balaban J connectivity index is 1.74. The highest BCUT2D eigenvalue weighted by molar-refractivity contribution is 7.92. The van der Waals surface area contributed by atoms with E-state index in [2.05, 4.69) is 34.9 Å². The average molecular weight is 539 g/mol. The highest BCUT2D eigenvalue weighted by Gasteiger charge is 2.17. The topological polar surface area (TPSA) is 131 Å². The molecule has 0 aliphatic rings. The molecule has 196 valence electrons. The minimum atomic E-state index is -2.49. The van der Waals surface area contributed by atoms with Gasteiger partial charge in [0, 0.05) is 50.6 Å². The van der Waals surface area contributed by atoms with E-state index < -0.39 is 34.6 Å². The molecule has 0 saturated carbocycles. The van der Waals surface area contributed by atoms with Crippen molar-refractivity contribution >= 4 is 44.3 Å². The van der Waals surface area contributed by atoms with E-state index in [4.69, 9.17) is 8.85 Å². The van der Waals surface area contributed by atoms with Crippen LogP contribution in [-0.4, -0.2) is 49.5 Å². The van der Waals surface area contributed by atoms with Gasteiger partial charge in [-0.2, -0.15) is 4.36 Å². The van der Waals surface area contributed by atoms with E-state index >= 15 is 0 Å². The molecule has 3 heterocycles. The molecule has 38 heavy (non-hydrogen) atoms. The van der Waals surface area contributed by atoms with Crippen LogP contribution in [0.2, 0.25) is 0 Å². The van der Waals surface area contributed by atoms with Gasteiger partial charge in [-0.3, -0.25) is 9.78 Å². The molecule has 0 fully saturated rings. The largest absolute Gasteiger partial charge is 0.494 e. The minimum Gasteiger partial charge on any atom is -0.494 e. The van der Waals surface area contributed by atoms with Gasteiger partial charge in [-0.1, -0.05) is 12.9 Å². The number of nitrogens with one attached hydrogen (secondary N) is 2. The monoisotopic (exact) mass is 538 g/mol. The number of ketones is 1. The zero-order chi connectivity index (χ0) is 29.8. The van der Waals surface area contributed by atoms with Crippen molar-refractivity contribution in [3.05, 3.63) is 72.6 Å². The summed E-state index contributed by atoms with van der Waals surface area (Å²) in [5.41, 5.74) is 1.73. The molecule has 2 N–H and O–H groups in total. The van der Waals surface area contributed by atoms with Crippen molar-refractivity contribution in [3.63, 3.8) is 0 Å². The summed E-state index contributed by atoms with van der Waals surface area (Å²) >= 11 is 0. The molecule has 0 unspecified atom stereocenters. The Kier molecular flexibility index (Phi) is 6.76. The van der Waals surface area contributed by atoms with Gasteiger partial charge in [0.25, 0.3) is 0 Å². The van der Waals surface area contributed by atoms with E-state index in [0.717, 1.165) is 6.20 Å². The number of para-hydroxylation sites is 1. The Morgan fingerprint density at radius 3 is 2.50 bits per heavy atom. The molecule has 0 atom stereocenters. The number of hydrogen-bond acceptors (Lipinski definition) is 10. The molecule has 1 aromatic carbocycles. The summed E-state index contributed by atoms with van der Waals surface area (Å²) in [4.78, 5) is 29.7.